The predicted molar refractivity (Wildman–Crippen MR) is 74.7 cm³/mol. The molecule has 1 aliphatic heterocycles. The first-order chi connectivity index (χ1) is 8.90. The molecule has 1 saturated heterocycles. The fourth-order valence-electron chi connectivity index (χ4n) is 2.27. The highest BCUT2D eigenvalue weighted by molar-refractivity contribution is 7.92. The highest BCUT2D eigenvalue weighted by Crippen LogP contribution is 2.19. The Balaban J connectivity index is 2.04. The molecular weight excluding hydrogens is 264 g/mol. The number of carbonyl (C=O) groups excluding carboxylic acids is 1. The Morgan fingerprint density at radius 2 is 2.21 bits per heavy atom. The lowest BCUT2D eigenvalue weighted by Crippen LogP contribution is -2.34. The van der Waals surface area contributed by atoms with Crippen LogP contribution in [0.2, 0.25) is 0 Å². The molecule has 6 heteroatoms. The van der Waals surface area contributed by atoms with Crippen molar-refractivity contribution in [1.82, 2.24) is 5.32 Å². The molecule has 3 N–H and O–H groups in total. The van der Waals surface area contributed by atoms with Gasteiger partial charge in [0.1, 0.15) is 0 Å². The maximum Gasteiger partial charge on any atom is 0.251 e. The molecule has 104 valence electrons. The summed E-state index contributed by atoms with van der Waals surface area (Å²) < 4.78 is 23.3. The van der Waals surface area contributed by atoms with E-state index in [9.17, 15) is 13.2 Å². The van der Waals surface area contributed by atoms with E-state index in [0.717, 1.165) is 5.56 Å². The first kappa shape index (κ1) is 13.9. The number of sulfone groups is 1. The second-order valence-electron chi connectivity index (χ2n) is 4.92. The zero-order chi connectivity index (χ0) is 14.0. The molecule has 1 atom stereocenters. The zero-order valence-corrected chi connectivity index (χ0v) is 11.7. The Hall–Kier alpha value is -1.56. The van der Waals surface area contributed by atoms with Crippen LogP contribution in [-0.2, 0) is 9.84 Å². The molecule has 0 saturated carbocycles. The van der Waals surface area contributed by atoms with E-state index in [-0.39, 0.29) is 18.2 Å². The molecule has 1 unspecified atom stereocenters. The van der Waals surface area contributed by atoms with E-state index in [1.54, 1.807) is 18.2 Å². The van der Waals surface area contributed by atoms with Crippen molar-refractivity contribution in [2.24, 2.45) is 0 Å². The summed E-state index contributed by atoms with van der Waals surface area (Å²) >= 11 is 0. The maximum absolute atomic E-state index is 12.0. The molecule has 0 radical (unpaired) electrons. The summed E-state index contributed by atoms with van der Waals surface area (Å²) in [5, 5.41) is 2.24. The number of nitrogens with one attached hydrogen (secondary N) is 1. The molecule has 0 aromatic heterocycles. The number of anilines is 1. The second-order valence-corrected chi connectivity index (χ2v) is 7.32. The van der Waals surface area contributed by atoms with Gasteiger partial charge >= 0.3 is 0 Å². The van der Waals surface area contributed by atoms with Crippen LogP contribution in [0.4, 0.5) is 5.69 Å². The van der Waals surface area contributed by atoms with E-state index in [1.807, 2.05) is 6.92 Å². The summed E-state index contributed by atoms with van der Waals surface area (Å²) in [5.41, 5.74) is 7.48. The van der Waals surface area contributed by atoms with E-state index in [0.29, 0.717) is 24.1 Å². The lowest BCUT2D eigenvalue weighted by atomic mass is 10.1. The van der Waals surface area contributed by atoms with Crippen molar-refractivity contribution in [3.63, 3.8) is 0 Å². The first-order valence-corrected chi connectivity index (χ1v) is 7.97. The van der Waals surface area contributed by atoms with Crippen LogP contribution in [0.15, 0.2) is 18.2 Å². The Bertz CT molecular complexity index is 596. The largest absolute Gasteiger partial charge is 0.399 e. The minimum Gasteiger partial charge on any atom is -0.399 e. The molecule has 0 bridgehead atoms. The quantitative estimate of drug-likeness (QED) is 0.806. The van der Waals surface area contributed by atoms with Crippen LogP contribution >= 0.6 is 0 Å². The SMILES string of the molecule is Cc1ccc(N)cc1C(=O)NCC1CCCS1(=O)=O. The zero-order valence-electron chi connectivity index (χ0n) is 10.8. The van der Waals surface area contributed by atoms with Crippen LogP contribution in [0.5, 0.6) is 0 Å². The van der Waals surface area contributed by atoms with Crippen molar-refractivity contribution in [2.75, 3.05) is 18.0 Å². The number of carbonyl (C=O) groups is 1. The standard InChI is InChI=1S/C13H18N2O3S/c1-9-4-5-10(14)7-12(9)13(16)15-8-11-3-2-6-19(11,17)18/h4-5,7,11H,2-3,6,8,14H2,1H3,(H,15,16). The van der Waals surface area contributed by atoms with E-state index >= 15 is 0 Å². The molecule has 1 aliphatic rings. The third kappa shape index (κ3) is 3.07. The molecule has 1 aromatic carbocycles. The molecule has 19 heavy (non-hydrogen) atoms. The number of aryl methyl sites for hydroxylation is 1. The number of hydrogen-bond acceptors (Lipinski definition) is 4. The van der Waals surface area contributed by atoms with Crippen LogP contribution < -0.4 is 11.1 Å². The Kier molecular flexibility index (Phi) is 3.80. The minimum atomic E-state index is -3.02. The molecule has 5 nitrogen and oxygen atoms in total. The average Bonchev–Trinajstić information content (AvgIpc) is 2.68. The Morgan fingerprint density at radius 1 is 1.47 bits per heavy atom. The predicted octanol–water partition coefficient (Wildman–Crippen LogP) is 0.884. The van der Waals surface area contributed by atoms with Gasteiger partial charge in [-0.1, -0.05) is 6.07 Å². The highest BCUT2D eigenvalue weighted by Gasteiger charge is 2.31. The van der Waals surface area contributed by atoms with Gasteiger partial charge < -0.3 is 11.1 Å². The smallest absolute Gasteiger partial charge is 0.251 e. The van der Waals surface area contributed by atoms with Crippen LogP contribution in [0.25, 0.3) is 0 Å². The Labute approximate surface area is 113 Å². The summed E-state index contributed by atoms with van der Waals surface area (Å²) in [4.78, 5) is 12.0. The van der Waals surface area contributed by atoms with Gasteiger partial charge in [0.2, 0.25) is 0 Å². The molecule has 1 aromatic rings. The van der Waals surface area contributed by atoms with Gasteiger partial charge in [0.15, 0.2) is 9.84 Å². The van der Waals surface area contributed by atoms with Crippen molar-refractivity contribution >= 4 is 21.4 Å². The third-order valence-corrected chi connectivity index (χ3v) is 5.74. The highest BCUT2D eigenvalue weighted by atomic mass is 32.2. The van der Waals surface area contributed by atoms with Crippen LogP contribution in [0, 0.1) is 6.92 Å². The van der Waals surface area contributed by atoms with E-state index < -0.39 is 15.1 Å². The normalized spacial score (nSPS) is 21.2. The van der Waals surface area contributed by atoms with Gasteiger partial charge in [-0.05, 0) is 37.5 Å². The van der Waals surface area contributed by atoms with Gasteiger partial charge in [0.25, 0.3) is 5.91 Å². The number of rotatable bonds is 3. The van der Waals surface area contributed by atoms with Crippen LogP contribution in [0.1, 0.15) is 28.8 Å². The summed E-state index contributed by atoms with van der Waals surface area (Å²) in [6, 6.07) is 5.11. The van der Waals surface area contributed by atoms with Crippen molar-refractivity contribution in [2.45, 2.75) is 25.0 Å². The van der Waals surface area contributed by atoms with Gasteiger partial charge in [-0.25, -0.2) is 8.42 Å². The number of amides is 1. The fourth-order valence-corrected chi connectivity index (χ4v) is 4.04. The van der Waals surface area contributed by atoms with Gasteiger partial charge in [-0.15, -0.1) is 0 Å². The van der Waals surface area contributed by atoms with E-state index in [1.165, 1.54) is 0 Å². The molecule has 0 aliphatic carbocycles. The number of nitrogens with two attached hydrogens (primary N) is 1. The van der Waals surface area contributed by atoms with Crippen molar-refractivity contribution in [3.05, 3.63) is 29.3 Å². The maximum atomic E-state index is 12.0. The minimum absolute atomic E-state index is 0.176. The molecular formula is C13H18N2O3S. The molecule has 0 spiro atoms. The van der Waals surface area contributed by atoms with Crippen molar-refractivity contribution in [1.29, 1.82) is 0 Å². The summed E-state index contributed by atoms with van der Waals surface area (Å²) in [6.07, 6.45) is 1.30. The fraction of sp³-hybridized carbons (Fsp3) is 0.462. The molecule has 1 fully saturated rings. The van der Waals surface area contributed by atoms with E-state index in [4.69, 9.17) is 5.73 Å². The third-order valence-electron chi connectivity index (χ3n) is 3.46. The summed E-state index contributed by atoms with van der Waals surface area (Å²) in [6.45, 7) is 2.00. The van der Waals surface area contributed by atoms with Crippen molar-refractivity contribution < 1.29 is 13.2 Å². The average molecular weight is 282 g/mol. The topological polar surface area (TPSA) is 89.3 Å². The van der Waals surface area contributed by atoms with Gasteiger partial charge in [0, 0.05) is 17.8 Å². The van der Waals surface area contributed by atoms with Crippen molar-refractivity contribution in [3.8, 4) is 0 Å². The monoisotopic (exact) mass is 282 g/mol. The van der Waals surface area contributed by atoms with Gasteiger partial charge in [-0.2, -0.15) is 0 Å². The van der Waals surface area contributed by atoms with Gasteiger partial charge in [0.05, 0.1) is 11.0 Å². The lowest BCUT2D eigenvalue weighted by molar-refractivity contribution is 0.0953. The first-order valence-electron chi connectivity index (χ1n) is 6.26. The lowest BCUT2D eigenvalue weighted by Gasteiger charge is -2.12. The second kappa shape index (κ2) is 5.21. The number of hydrogen-bond donors (Lipinski definition) is 2. The Morgan fingerprint density at radius 3 is 2.84 bits per heavy atom. The number of benzene rings is 1. The van der Waals surface area contributed by atoms with E-state index in [2.05, 4.69) is 5.32 Å². The van der Waals surface area contributed by atoms with Gasteiger partial charge in [-0.3, -0.25) is 4.79 Å². The molecule has 1 heterocycles. The molecule has 1 amide bonds. The summed E-state index contributed by atoms with van der Waals surface area (Å²) in [7, 11) is -3.02. The molecule has 2 rings (SSSR count). The van der Waals surface area contributed by atoms with Crippen LogP contribution in [0.3, 0.4) is 0 Å². The summed E-state index contributed by atoms with van der Waals surface area (Å²) in [5.74, 6) is -0.0444. The van der Waals surface area contributed by atoms with Crippen LogP contribution in [-0.4, -0.2) is 31.9 Å². The number of nitrogen functional groups attached to an aromatic ring is 1.